The second-order valence-corrected chi connectivity index (χ2v) is 3.46. The molecule has 0 aliphatic rings. The Morgan fingerprint density at radius 3 is 2.78 bits per heavy atom. The van der Waals surface area contributed by atoms with Crippen LogP contribution in [0.4, 0.5) is 11.4 Å². The zero-order valence-electron chi connectivity index (χ0n) is 9.64. The van der Waals surface area contributed by atoms with Crippen molar-refractivity contribution in [1.82, 2.24) is 9.97 Å². The maximum absolute atomic E-state index is 11.3. The first-order valence-corrected chi connectivity index (χ1v) is 5.06. The number of H-pyrrole nitrogens is 1. The van der Waals surface area contributed by atoms with Gasteiger partial charge in [-0.1, -0.05) is 0 Å². The van der Waals surface area contributed by atoms with E-state index in [0.29, 0.717) is 17.2 Å². The standard InChI is InChI=1S/C11H12N4O3/c1-17-8-3-2-6(4-7(8)12)18-11-9(13)10(16)14-5-15-11/h2-5H,12-13H2,1H3,(H,14,15,16). The highest BCUT2D eigenvalue weighted by atomic mass is 16.5. The smallest absolute Gasteiger partial charge is 0.277 e. The quantitative estimate of drug-likeness (QED) is 0.689. The highest BCUT2D eigenvalue weighted by Crippen LogP contribution is 2.29. The summed E-state index contributed by atoms with van der Waals surface area (Å²) in [6.07, 6.45) is 1.21. The maximum atomic E-state index is 11.3. The fourth-order valence-corrected chi connectivity index (χ4v) is 1.36. The zero-order chi connectivity index (χ0) is 13.1. The van der Waals surface area contributed by atoms with Crippen LogP contribution < -0.4 is 26.5 Å². The van der Waals surface area contributed by atoms with Gasteiger partial charge in [-0.2, -0.15) is 0 Å². The molecule has 0 amide bonds. The Hall–Kier alpha value is -2.70. The van der Waals surface area contributed by atoms with Gasteiger partial charge >= 0.3 is 0 Å². The number of benzene rings is 1. The molecule has 0 bridgehead atoms. The number of nitrogens with two attached hydrogens (primary N) is 2. The molecule has 5 N–H and O–H groups in total. The first-order chi connectivity index (χ1) is 8.61. The molecule has 0 atom stereocenters. The lowest BCUT2D eigenvalue weighted by Gasteiger charge is -2.09. The molecule has 2 aromatic rings. The molecule has 0 aliphatic heterocycles. The summed E-state index contributed by atoms with van der Waals surface area (Å²) < 4.78 is 10.4. The van der Waals surface area contributed by atoms with Gasteiger partial charge in [-0.15, -0.1) is 0 Å². The van der Waals surface area contributed by atoms with Gasteiger partial charge in [0, 0.05) is 6.07 Å². The minimum absolute atomic E-state index is 0.0308. The molecule has 1 heterocycles. The third-order valence-electron chi connectivity index (χ3n) is 2.27. The molecule has 1 aromatic heterocycles. The second-order valence-electron chi connectivity index (χ2n) is 3.46. The molecule has 7 nitrogen and oxygen atoms in total. The molecule has 1 aromatic carbocycles. The molecule has 0 unspecified atom stereocenters. The monoisotopic (exact) mass is 248 g/mol. The average molecular weight is 248 g/mol. The van der Waals surface area contributed by atoms with E-state index in [0.717, 1.165) is 0 Å². The lowest BCUT2D eigenvalue weighted by molar-refractivity contribution is 0.414. The van der Waals surface area contributed by atoms with Gasteiger partial charge in [0.1, 0.15) is 11.5 Å². The van der Waals surface area contributed by atoms with Gasteiger partial charge in [0.05, 0.1) is 19.1 Å². The number of aromatic amines is 1. The third-order valence-corrected chi connectivity index (χ3v) is 2.27. The van der Waals surface area contributed by atoms with Gasteiger partial charge in [0.25, 0.3) is 5.56 Å². The van der Waals surface area contributed by atoms with Crippen LogP contribution in [0.5, 0.6) is 17.4 Å². The highest BCUT2D eigenvalue weighted by Gasteiger charge is 2.08. The molecule has 0 saturated carbocycles. The van der Waals surface area contributed by atoms with E-state index in [4.69, 9.17) is 20.9 Å². The normalized spacial score (nSPS) is 10.1. The Morgan fingerprint density at radius 1 is 1.33 bits per heavy atom. The van der Waals surface area contributed by atoms with Crippen LogP contribution in [-0.2, 0) is 0 Å². The van der Waals surface area contributed by atoms with Crippen LogP contribution in [0.1, 0.15) is 0 Å². The van der Waals surface area contributed by atoms with E-state index in [1.165, 1.54) is 13.4 Å². The number of rotatable bonds is 3. The number of methoxy groups -OCH3 is 1. The van der Waals surface area contributed by atoms with Crippen molar-refractivity contribution in [3.63, 3.8) is 0 Å². The fraction of sp³-hybridized carbons (Fsp3) is 0.0909. The van der Waals surface area contributed by atoms with Crippen LogP contribution >= 0.6 is 0 Å². The van der Waals surface area contributed by atoms with Crippen molar-refractivity contribution in [2.75, 3.05) is 18.6 Å². The van der Waals surface area contributed by atoms with E-state index in [1.807, 2.05) is 0 Å². The largest absolute Gasteiger partial charge is 0.495 e. The van der Waals surface area contributed by atoms with E-state index in [9.17, 15) is 4.79 Å². The Labute approximate surface area is 102 Å². The maximum Gasteiger partial charge on any atom is 0.277 e. The molecule has 0 radical (unpaired) electrons. The Kier molecular flexibility index (Phi) is 3.05. The molecule has 0 fully saturated rings. The first-order valence-electron chi connectivity index (χ1n) is 5.06. The molecule has 7 heteroatoms. The number of ether oxygens (including phenoxy) is 2. The number of hydrogen-bond donors (Lipinski definition) is 3. The number of nitrogens with one attached hydrogen (secondary N) is 1. The summed E-state index contributed by atoms with van der Waals surface area (Å²) in [6, 6.07) is 4.84. The van der Waals surface area contributed by atoms with E-state index < -0.39 is 5.56 Å². The van der Waals surface area contributed by atoms with Crippen molar-refractivity contribution in [2.45, 2.75) is 0 Å². The van der Waals surface area contributed by atoms with Crippen molar-refractivity contribution in [3.05, 3.63) is 34.9 Å². The minimum Gasteiger partial charge on any atom is -0.495 e. The van der Waals surface area contributed by atoms with Crippen LogP contribution in [0.15, 0.2) is 29.3 Å². The van der Waals surface area contributed by atoms with Gasteiger partial charge in [0.2, 0.25) is 5.88 Å². The van der Waals surface area contributed by atoms with Gasteiger partial charge in [0.15, 0.2) is 5.69 Å². The Morgan fingerprint density at radius 2 is 2.11 bits per heavy atom. The van der Waals surface area contributed by atoms with Crippen LogP contribution in [0.3, 0.4) is 0 Å². The lowest BCUT2D eigenvalue weighted by Crippen LogP contribution is -2.13. The number of nitrogens with zero attached hydrogens (tertiary/aromatic N) is 1. The van der Waals surface area contributed by atoms with E-state index in [1.54, 1.807) is 18.2 Å². The SMILES string of the molecule is COc1ccc(Oc2nc[nH]c(=O)c2N)cc1N. The molecule has 0 aliphatic carbocycles. The predicted octanol–water partition coefficient (Wildman–Crippen LogP) is 0.735. The fourth-order valence-electron chi connectivity index (χ4n) is 1.36. The molecule has 0 saturated heterocycles. The van der Waals surface area contributed by atoms with Crippen molar-refractivity contribution in [3.8, 4) is 17.4 Å². The van der Waals surface area contributed by atoms with E-state index in [2.05, 4.69) is 9.97 Å². The summed E-state index contributed by atoms with van der Waals surface area (Å²) in [5, 5.41) is 0. The summed E-state index contributed by atoms with van der Waals surface area (Å²) >= 11 is 0. The summed E-state index contributed by atoms with van der Waals surface area (Å²) in [4.78, 5) is 17.4. The average Bonchev–Trinajstić information content (AvgIpc) is 2.35. The third kappa shape index (κ3) is 2.19. The molecule has 18 heavy (non-hydrogen) atoms. The summed E-state index contributed by atoms with van der Waals surface area (Å²) in [6.45, 7) is 0. The Bertz CT molecular complexity index is 624. The van der Waals surface area contributed by atoms with Crippen molar-refractivity contribution < 1.29 is 9.47 Å². The van der Waals surface area contributed by atoms with Gasteiger partial charge in [-0.05, 0) is 12.1 Å². The van der Waals surface area contributed by atoms with Crippen molar-refractivity contribution in [2.24, 2.45) is 0 Å². The van der Waals surface area contributed by atoms with Crippen LogP contribution in [0.25, 0.3) is 0 Å². The highest BCUT2D eigenvalue weighted by molar-refractivity contribution is 5.57. The number of aromatic nitrogens is 2. The molecule has 2 rings (SSSR count). The molecule has 0 spiro atoms. The number of hydrogen-bond acceptors (Lipinski definition) is 6. The van der Waals surface area contributed by atoms with Crippen LogP contribution in [0, 0.1) is 0 Å². The second kappa shape index (κ2) is 4.66. The lowest BCUT2D eigenvalue weighted by atomic mass is 10.3. The van der Waals surface area contributed by atoms with Crippen molar-refractivity contribution >= 4 is 11.4 Å². The summed E-state index contributed by atoms with van der Waals surface area (Å²) in [5.41, 5.74) is 11.1. The van der Waals surface area contributed by atoms with E-state index >= 15 is 0 Å². The molecular formula is C11H12N4O3. The predicted molar refractivity (Wildman–Crippen MR) is 66.8 cm³/mol. The van der Waals surface area contributed by atoms with Crippen LogP contribution in [-0.4, -0.2) is 17.1 Å². The molecular weight excluding hydrogens is 236 g/mol. The summed E-state index contributed by atoms with van der Waals surface area (Å²) in [7, 11) is 1.52. The number of anilines is 2. The van der Waals surface area contributed by atoms with Gasteiger partial charge in [-0.3, -0.25) is 4.79 Å². The van der Waals surface area contributed by atoms with Gasteiger partial charge < -0.3 is 25.9 Å². The van der Waals surface area contributed by atoms with Crippen molar-refractivity contribution in [1.29, 1.82) is 0 Å². The zero-order valence-corrected chi connectivity index (χ0v) is 9.64. The number of nitrogen functional groups attached to an aromatic ring is 2. The molecule has 94 valence electrons. The van der Waals surface area contributed by atoms with E-state index in [-0.39, 0.29) is 11.6 Å². The first kappa shape index (κ1) is 11.8. The van der Waals surface area contributed by atoms with Crippen LogP contribution in [0.2, 0.25) is 0 Å². The topological polar surface area (TPSA) is 116 Å². The van der Waals surface area contributed by atoms with Gasteiger partial charge in [-0.25, -0.2) is 4.98 Å². The minimum atomic E-state index is -0.457. The summed E-state index contributed by atoms with van der Waals surface area (Å²) in [5.74, 6) is 0.982. The Balaban J connectivity index is 2.32.